The van der Waals surface area contributed by atoms with Crippen molar-refractivity contribution >= 4 is 21.1 Å². The van der Waals surface area contributed by atoms with E-state index >= 15 is 0 Å². The Balaban J connectivity index is 4.68. The van der Waals surface area contributed by atoms with Gasteiger partial charge in [-0.15, -0.1) is 0 Å². The van der Waals surface area contributed by atoms with Crippen LogP contribution in [0.5, 0.6) is 0 Å². The lowest BCUT2D eigenvalue weighted by Gasteiger charge is -2.33. The molecule has 0 aliphatic heterocycles. The Bertz CT molecular complexity index is 214. The monoisotopic (exact) mass is 207 g/mol. The predicted molar refractivity (Wildman–Crippen MR) is 64.6 cm³/mol. The zero-order chi connectivity index (χ0) is 12.3. The first-order valence-electron chi connectivity index (χ1n) is 5.32. The third-order valence-electron chi connectivity index (χ3n) is 2.33. The van der Waals surface area contributed by atoms with Gasteiger partial charge in [0.15, 0.2) is 0 Å². The van der Waals surface area contributed by atoms with Gasteiger partial charge in [0.2, 0.25) is 0 Å². The lowest BCUT2D eigenvalue weighted by molar-refractivity contribution is -0.143. The van der Waals surface area contributed by atoms with Gasteiger partial charge in [-0.2, -0.15) is 0 Å². The summed E-state index contributed by atoms with van der Waals surface area (Å²) in [5, 5.41) is 0. The van der Waals surface area contributed by atoms with Crippen molar-refractivity contribution in [2.75, 3.05) is 0 Å². The number of hydrogen-bond acceptors (Lipinski definition) is 2. The maximum Gasteiger partial charge on any atom is 0.306 e. The van der Waals surface area contributed by atoms with Crippen molar-refractivity contribution in [3.8, 4) is 0 Å². The lowest BCUT2D eigenvalue weighted by Crippen LogP contribution is -2.34. The topological polar surface area (TPSA) is 26.3 Å². The van der Waals surface area contributed by atoms with Gasteiger partial charge in [-0.25, -0.2) is 0 Å². The van der Waals surface area contributed by atoms with Gasteiger partial charge in [0.25, 0.3) is 5.97 Å². The summed E-state index contributed by atoms with van der Waals surface area (Å²) in [5.41, 5.74) is -0.00105. The summed E-state index contributed by atoms with van der Waals surface area (Å²) in [7, 11) is 6.07. The van der Waals surface area contributed by atoms with Crippen LogP contribution in [0.4, 0.5) is 0 Å². The number of hydrogen-bond donors (Lipinski definition) is 0. The van der Waals surface area contributed by atoms with Gasteiger partial charge in [-0.05, 0) is 17.3 Å². The normalized spacial score (nSPS) is 14.5. The van der Waals surface area contributed by atoms with Crippen LogP contribution in [-0.2, 0) is 9.45 Å². The van der Waals surface area contributed by atoms with Gasteiger partial charge in [0, 0.05) is 0 Å². The van der Waals surface area contributed by atoms with Gasteiger partial charge in [-0.3, -0.25) is 4.79 Å². The molecular formula is C11H21B2O2. The Labute approximate surface area is 95.8 Å². The van der Waals surface area contributed by atoms with E-state index in [0.29, 0.717) is 0 Å². The molecule has 0 rings (SSSR count). The van der Waals surface area contributed by atoms with Crippen molar-refractivity contribution < 1.29 is 9.45 Å². The second kappa shape index (κ2) is 5.09. The SMILES string of the molecule is [B][B]OC(=O)C(CC(C)(C)C)C(C)(C)C. The van der Waals surface area contributed by atoms with Crippen LogP contribution in [0.25, 0.3) is 0 Å². The van der Waals surface area contributed by atoms with E-state index in [1.165, 1.54) is 0 Å². The van der Waals surface area contributed by atoms with Gasteiger partial charge in [0.1, 0.15) is 0 Å². The van der Waals surface area contributed by atoms with Crippen LogP contribution in [0.3, 0.4) is 0 Å². The van der Waals surface area contributed by atoms with E-state index in [2.05, 4.69) is 20.8 Å². The molecular weight excluding hydrogens is 186 g/mol. The molecule has 0 N–H and O–H groups in total. The number of rotatable bonds is 3. The largest absolute Gasteiger partial charge is 0.550 e. The quantitative estimate of drug-likeness (QED) is 0.663. The molecule has 15 heavy (non-hydrogen) atoms. The fourth-order valence-corrected chi connectivity index (χ4v) is 1.50. The molecule has 0 heterocycles. The molecule has 0 aromatic carbocycles. The average Bonchev–Trinajstić information content (AvgIpc) is 1.97. The first-order chi connectivity index (χ1) is 6.58. The van der Waals surface area contributed by atoms with E-state index in [9.17, 15) is 4.79 Å². The van der Waals surface area contributed by atoms with Crippen LogP contribution >= 0.6 is 0 Å². The van der Waals surface area contributed by atoms with Crippen LogP contribution in [0, 0.1) is 16.7 Å². The minimum absolute atomic E-state index is 0.103. The van der Waals surface area contributed by atoms with E-state index < -0.39 is 0 Å². The van der Waals surface area contributed by atoms with Gasteiger partial charge in [0.05, 0.1) is 13.7 Å². The molecule has 1 atom stereocenters. The first kappa shape index (κ1) is 14.6. The van der Waals surface area contributed by atoms with Gasteiger partial charge < -0.3 is 4.65 Å². The molecule has 0 saturated heterocycles. The molecule has 0 bridgehead atoms. The third-order valence-corrected chi connectivity index (χ3v) is 2.33. The van der Waals surface area contributed by atoms with E-state index in [0.717, 1.165) is 13.8 Å². The van der Waals surface area contributed by atoms with E-state index in [-0.39, 0.29) is 22.7 Å². The Kier molecular flexibility index (Phi) is 4.95. The Morgan fingerprint density at radius 2 is 1.73 bits per heavy atom. The third kappa shape index (κ3) is 5.91. The maximum absolute atomic E-state index is 11.7. The molecule has 0 saturated carbocycles. The van der Waals surface area contributed by atoms with Crippen molar-refractivity contribution in [3.05, 3.63) is 0 Å². The summed E-state index contributed by atoms with van der Waals surface area (Å²) in [6.07, 6.45) is 0.795. The van der Waals surface area contributed by atoms with Crippen molar-refractivity contribution in [1.82, 2.24) is 0 Å². The van der Waals surface area contributed by atoms with Crippen LogP contribution in [-0.4, -0.2) is 21.1 Å². The Morgan fingerprint density at radius 3 is 2.00 bits per heavy atom. The highest BCUT2D eigenvalue weighted by Gasteiger charge is 2.35. The molecule has 83 valence electrons. The average molecular weight is 207 g/mol. The molecule has 0 fully saturated rings. The van der Waals surface area contributed by atoms with Crippen molar-refractivity contribution in [3.63, 3.8) is 0 Å². The number of carbonyl (C=O) groups excluding carboxylic acids is 1. The Hall–Kier alpha value is -0.400. The van der Waals surface area contributed by atoms with Crippen LogP contribution in [0.15, 0.2) is 0 Å². The summed E-state index contributed by atoms with van der Waals surface area (Å²) in [4.78, 5) is 11.7. The predicted octanol–water partition coefficient (Wildman–Crippen LogP) is 2.33. The second-order valence-corrected chi connectivity index (χ2v) is 6.26. The molecule has 0 spiro atoms. The molecule has 0 amide bonds. The fraction of sp³-hybridized carbons (Fsp3) is 0.909. The molecule has 0 aliphatic carbocycles. The highest BCUT2D eigenvalue weighted by molar-refractivity contribution is 6.86. The summed E-state index contributed by atoms with van der Waals surface area (Å²) in [6.45, 7) is 12.5. The second-order valence-electron chi connectivity index (χ2n) is 6.26. The molecule has 0 aliphatic rings. The zero-order valence-corrected chi connectivity index (χ0v) is 10.8. The molecule has 0 aromatic heterocycles. The highest BCUT2D eigenvalue weighted by atomic mass is 16.5. The standard InChI is InChI=1S/C11H21B2O2/c1-10(2,3)7-8(11(4,5)6)9(14)15-13-12/h8H,7H2,1-6H3. The summed E-state index contributed by atoms with van der Waals surface area (Å²) < 4.78 is 4.79. The molecule has 0 aromatic rings. The molecule has 3 radical (unpaired) electrons. The highest BCUT2D eigenvalue weighted by Crippen LogP contribution is 2.36. The molecule has 2 nitrogen and oxygen atoms in total. The molecule has 4 heteroatoms. The van der Waals surface area contributed by atoms with Crippen molar-refractivity contribution in [2.24, 2.45) is 16.7 Å². The number of carbonyl (C=O) groups is 1. The summed E-state index contributed by atoms with van der Waals surface area (Å²) in [6, 6.07) is 0. The summed E-state index contributed by atoms with van der Waals surface area (Å²) in [5.74, 6) is -0.364. The maximum atomic E-state index is 11.7. The van der Waals surface area contributed by atoms with Crippen LogP contribution in [0.1, 0.15) is 48.0 Å². The van der Waals surface area contributed by atoms with Crippen LogP contribution < -0.4 is 0 Å². The zero-order valence-electron chi connectivity index (χ0n) is 10.8. The summed E-state index contributed by atoms with van der Waals surface area (Å²) >= 11 is 0. The first-order valence-corrected chi connectivity index (χ1v) is 5.32. The smallest absolute Gasteiger partial charge is 0.306 e. The van der Waals surface area contributed by atoms with E-state index in [1.807, 2.05) is 20.8 Å². The van der Waals surface area contributed by atoms with E-state index in [4.69, 9.17) is 12.4 Å². The van der Waals surface area contributed by atoms with Gasteiger partial charge in [-0.1, -0.05) is 41.5 Å². The van der Waals surface area contributed by atoms with Crippen molar-refractivity contribution in [2.45, 2.75) is 48.0 Å². The lowest BCUT2D eigenvalue weighted by atomic mass is 9.69. The van der Waals surface area contributed by atoms with Crippen molar-refractivity contribution in [1.29, 1.82) is 0 Å². The van der Waals surface area contributed by atoms with Crippen LogP contribution in [0.2, 0.25) is 0 Å². The Morgan fingerprint density at radius 1 is 1.27 bits per heavy atom. The van der Waals surface area contributed by atoms with E-state index in [1.54, 1.807) is 0 Å². The minimum atomic E-state index is -0.236. The minimum Gasteiger partial charge on any atom is -0.550 e. The molecule has 1 unspecified atom stereocenters. The van der Waals surface area contributed by atoms with Gasteiger partial charge >= 0.3 is 7.37 Å². The fourth-order valence-electron chi connectivity index (χ4n) is 1.50.